The zero-order chi connectivity index (χ0) is 11.0. The van der Waals surface area contributed by atoms with Crippen molar-refractivity contribution in [3.05, 3.63) is 12.5 Å². The van der Waals surface area contributed by atoms with Gasteiger partial charge in [-0.1, -0.05) is 0 Å². The predicted octanol–water partition coefficient (Wildman–Crippen LogP) is 1.73. The van der Waals surface area contributed by atoms with Crippen molar-refractivity contribution >= 4 is 16.9 Å². The molecule has 0 radical (unpaired) electrons. The molecule has 0 amide bonds. The molecule has 0 aromatic carbocycles. The fourth-order valence-corrected chi connectivity index (χ4v) is 2.39. The van der Waals surface area contributed by atoms with Crippen LogP contribution in [0.1, 0.15) is 26.2 Å². The summed E-state index contributed by atoms with van der Waals surface area (Å²) >= 11 is 0. The van der Waals surface area contributed by atoms with Crippen LogP contribution in [-0.4, -0.2) is 32.8 Å². The molecule has 3 rings (SSSR count). The molecule has 84 valence electrons. The lowest BCUT2D eigenvalue weighted by Crippen LogP contribution is -2.38. The molecule has 1 atom stereocenters. The predicted molar refractivity (Wildman–Crippen MR) is 62.3 cm³/mol. The van der Waals surface area contributed by atoms with Crippen LogP contribution in [0.4, 0.5) is 5.82 Å². The number of hydrogen-bond acceptors (Lipinski definition) is 4. The van der Waals surface area contributed by atoms with Crippen molar-refractivity contribution in [1.29, 1.82) is 0 Å². The number of aromatic amines is 1. The Morgan fingerprint density at radius 3 is 3.19 bits per heavy atom. The standard InChI is InChI=1S/C11H15N5/c1-8-4-2-3-5-16(8)11-9-6-14-15-10(9)12-7-13-11/h6-8H,2-5H2,1H3,(H,12,13,14,15)/t8-/m0/s1. The number of H-pyrrole nitrogens is 1. The first-order valence-corrected chi connectivity index (χ1v) is 5.77. The number of hydrogen-bond donors (Lipinski definition) is 1. The highest BCUT2D eigenvalue weighted by Gasteiger charge is 2.21. The second kappa shape index (κ2) is 3.73. The molecule has 0 spiro atoms. The number of aromatic nitrogens is 4. The molecular formula is C11H15N5. The van der Waals surface area contributed by atoms with E-state index in [1.807, 2.05) is 6.20 Å². The molecule has 3 heterocycles. The minimum atomic E-state index is 0.557. The molecule has 1 aliphatic rings. The molecule has 0 bridgehead atoms. The lowest BCUT2D eigenvalue weighted by atomic mass is 10.0. The SMILES string of the molecule is C[C@H]1CCCCN1c1ncnc2[nH]ncc12. The summed E-state index contributed by atoms with van der Waals surface area (Å²) in [7, 11) is 0. The Labute approximate surface area is 93.9 Å². The van der Waals surface area contributed by atoms with E-state index < -0.39 is 0 Å². The van der Waals surface area contributed by atoms with Gasteiger partial charge in [0.1, 0.15) is 12.1 Å². The van der Waals surface area contributed by atoms with Gasteiger partial charge in [0.25, 0.3) is 0 Å². The Bertz CT molecular complexity index is 492. The van der Waals surface area contributed by atoms with Crippen molar-refractivity contribution in [3.63, 3.8) is 0 Å². The van der Waals surface area contributed by atoms with Crippen molar-refractivity contribution in [2.45, 2.75) is 32.2 Å². The molecule has 2 aromatic rings. The first-order valence-electron chi connectivity index (χ1n) is 5.77. The molecule has 5 nitrogen and oxygen atoms in total. The Kier molecular flexibility index (Phi) is 2.23. The van der Waals surface area contributed by atoms with E-state index in [1.165, 1.54) is 19.3 Å². The molecule has 0 unspecified atom stereocenters. The van der Waals surface area contributed by atoms with E-state index in [2.05, 4.69) is 32.0 Å². The number of piperidine rings is 1. The maximum atomic E-state index is 4.41. The topological polar surface area (TPSA) is 57.7 Å². The van der Waals surface area contributed by atoms with Crippen LogP contribution in [0.15, 0.2) is 12.5 Å². The molecule has 2 aromatic heterocycles. The Balaban J connectivity index is 2.07. The maximum absolute atomic E-state index is 4.41. The molecule has 1 aliphatic heterocycles. The van der Waals surface area contributed by atoms with Crippen molar-refractivity contribution in [3.8, 4) is 0 Å². The van der Waals surface area contributed by atoms with Gasteiger partial charge in [0, 0.05) is 12.6 Å². The van der Waals surface area contributed by atoms with Crippen LogP contribution < -0.4 is 4.90 Å². The fourth-order valence-electron chi connectivity index (χ4n) is 2.39. The Morgan fingerprint density at radius 2 is 2.31 bits per heavy atom. The van der Waals surface area contributed by atoms with E-state index in [0.717, 1.165) is 23.4 Å². The summed E-state index contributed by atoms with van der Waals surface area (Å²) in [5.74, 6) is 1.02. The highest BCUT2D eigenvalue weighted by atomic mass is 15.2. The van der Waals surface area contributed by atoms with Gasteiger partial charge in [-0.2, -0.15) is 5.10 Å². The van der Waals surface area contributed by atoms with Gasteiger partial charge in [0.15, 0.2) is 5.65 Å². The number of nitrogens with zero attached hydrogens (tertiary/aromatic N) is 4. The van der Waals surface area contributed by atoms with Crippen LogP contribution in [0, 0.1) is 0 Å². The first kappa shape index (κ1) is 9.57. The van der Waals surface area contributed by atoms with Crippen molar-refractivity contribution in [1.82, 2.24) is 20.2 Å². The van der Waals surface area contributed by atoms with Gasteiger partial charge >= 0.3 is 0 Å². The third kappa shape index (κ3) is 1.43. The summed E-state index contributed by atoms with van der Waals surface area (Å²) in [6.07, 6.45) is 7.22. The van der Waals surface area contributed by atoms with Gasteiger partial charge in [0.2, 0.25) is 0 Å². The summed E-state index contributed by atoms with van der Waals surface area (Å²) in [6.45, 7) is 3.34. The molecule has 16 heavy (non-hydrogen) atoms. The van der Waals surface area contributed by atoms with E-state index in [0.29, 0.717) is 6.04 Å². The van der Waals surface area contributed by atoms with E-state index in [9.17, 15) is 0 Å². The Morgan fingerprint density at radius 1 is 1.38 bits per heavy atom. The fraction of sp³-hybridized carbons (Fsp3) is 0.545. The van der Waals surface area contributed by atoms with Crippen LogP contribution in [0.2, 0.25) is 0 Å². The van der Waals surface area contributed by atoms with Crippen molar-refractivity contribution < 1.29 is 0 Å². The summed E-state index contributed by atoms with van der Waals surface area (Å²) < 4.78 is 0. The van der Waals surface area contributed by atoms with Gasteiger partial charge in [-0.25, -0.2) is 9.97 Å². The average molecular weight is 217 g/mol. The number of anilines is 1. The van der Waals surface area contributed by atoms with Crippen LogP contribution in [-0.2, 0) is 0 Å². The zero-order valence-electron chi connectivity index (χ0n) is 9.35. The molecule has 1 fully saturated rings. The lowest BCUT2D eigenvalue weighted by Gasteiger charge is -2.34. The monoisotopic (exact) mass is 217 g/mol. The van der Waals surface area contributed by atoms with Crippen LogP contribution in [0.5, 0.6) is 0 Å². The van der Waals surface area contributed by atoms with Crippen molar-refractivity contribution in [2.24, 2.45) is 0 Å². The maximum Gasteiger partial charge on any atom is 0.160 e. The third-order valence-electron chi connectivity index (χ3n) is 3.30. The van der Waals surface area contributed by atoms with Gasteiger partial charge in [-0.15, -0.1) is 0 Å². The summed E-state index contributed by atoms with van der Waals surface area (Å²) in [5.41, 5.74) is 0.822. The molecule has 5 heteroatoms. The molecular weight excluding hydrogens is 202 g/mol. The van der Waals surface area contributed by atoms with Crippen molar-refractivity contribution in [2.75, 3.05) is 11.4 Å². The largest absolute Gasteiger partial charge is 0.353 e. The second-order valence-corrected chi connectivity index (χ2v) is 4.37. The molecule has 0 saturated carbocycles. The van der Waals surface area contributed by atoms with E-state index in [1.54, 1.807) is 6.33 Å². The zero-order valence-corrected chi connectivity index (χ0v) is 9.35. The Hall–Kier alpha value is -1.65. The van der Waals surface area contributed by atoms with Crippen LogP contribution >= 0.6 is 0 Å². The lowest BCUT2D eigenvalue weighted by molar-refractivity contribution is 0.482. The van der Waals surface area contributed by atoms with E-state index in [-0.39, 0.29) is 0 Å². The van der Waals surface area contributed by atoms with Gasteiger partial charge < -0.3 is 4.90 Å². The van der Waals surface area contributed by atoms with Gasteiger partial charge in [-0.05, 0) is 26.2 Å². The number of rotatable bonds is 1. The summed E-state index contributed by atoms with van der Waals surface area (Å²) in [6, 6.07) is 0.557. The highest BCUT2D eigenvalue weighted by Crippen LogP contribution is 2.27. The summed E-state index contributed by atoms with van der Waals surface area (Å²) in [5, 5.41) is 7.94. The van der Waals surface area contributed by atoms with E-state index >= 15 is 0 Å². The van der Waals surface area contributed by atoms with Gasteiger partial charge in [-0.3, -0.25) is 5.10 Å². The third-order valence-corrected chi connectivity index (χ3v) is 3.30. The minimum absolute atomic E-state index is 0.557. The normalized spacial score (nSPS) is 21.6. The molecule has 0 aliphatic carbocycles. The highest BCUT2D eigenvalue weighted by molar-refractivity contribution is 5.86. The molecule has 1 saturated heterocycles. The quantitative estimate of drug-likeness (QED) is 0.790. The van der Waals surface area contributed by atoms with E-state index in [4.69, 9.17) is 0 Å². The average Bonchev–Trinajstić information content (AvgIpc) is 2.77. The first-order chi connectivity index (χ1) is 7.86. The van der Waals surface area contributed by atoms with Crippen LogP contribution in [0.25, 0.3) is 11.0 Å². The second-order valence-electron chi connectivity index (χ2n) is 4.37. The van der Waals surface area contributed by atoms with Gasteiger partial charge in [0.05, 0.1) is 11.6 Å². The molecule has 1 N–H and O–H groups in total. The number of fused-ring (bicyclic) bond motifs is 1. The number of nitrogens with one attached hydrogen (secondary N) is 1. The van der Waals surface area contributed by atoms with Crippen LogP contribution in [0.3, 0.4) is 0 Å². The summed E-state index contributed by atoms with van der Waals surface area (Å²) in [4.78, 5) is 10.9. The minimum Gasteiger partial charge on any atom is -0.353 e. The smallest absolute Gasteiger partial charge is 0.160 e.